The number of amides is 1. The summed E-state index contributed by atoms with van der Waals surface area (Å²) >= 11 is 0. The first-order valence-corrected chi connectivity index (χ1v) is 13.6. The van der Waals surface area contributed by atoms with Crippen LogP contribution >= 0.6 is 0 Å². The highest BCUT2D eigenvalue weighted by Gasteiger charge is 2.62. The maximum atomic E-state index is 13.4. The molecule has 3 fully saturated rings. The number of nitrogens with one attached hydrogen (secondary N) is 1. The van der Waals surface area contributed by atoms with Crippen LogP contribution in [0.15, 0.2) is 11.6 Å². The number of allylic oxidation sites excluding steroid dienone is 1. The zero-order valence-electron chi connectivity index (χ0n) is 21.9. The van der Waals surface area contributed by atoms with Crippen molar-refractivity contribution in [3.63, 3.8) is 0 Å². The first-order chi connectivity index (χ1) is 16.0. The largest absolute Gasteiger partial charge is 0.393 e. The zero-order chi connectivity index (χ0) is 24.8. The molecule has 4 aliphatic rings. The Balaban J connectivity index is 1.46. The SMILES string of the molecule is CC(=O)NC[C@@H](C)CCC(=O)[C@@H](C)[C@@H]1C(=O)C[C@H]2[C@H]3CC=C4C[C@@H](O)CC[C@]4(C)[C@@H]3CC[C@@]21C. The highest BCUT2D eigenvalue weighted by molar-refractivity contribution is 5.92. The molecule has 0 spiro atoms. The van der Waals surface area contributed by atoms with E-state index in [1.165, 1.54) is 12.5 Å². The quantitative estimate of drug-likeness (QED) is 0.519. The van der Waals surface area contributed by atoms with E-state index in [2.05, 4.69) is 32.2 Å². The highest BCUT2D eigenvalue weighted by atomic mass is 16.3. The van der Waals surface area contributed by atoms with Gasteiger partial charge >= 0.3 is 0 Å². The normalized spacial score (nSPS) is 40.9. The van der Waals surface area contributed by atoms with Crippen molar-refractivity contribution in [3.05, 3.63) is 11.6 Å². The van der Waals surface area contributed by atoms with Gasteiger partial charge in [0, 0.05) is 38.1 Å². The molecule has 0 aliphatic heterocycles. The second kappa shape index (κ2) is 9.52. The lowest BCUT2D eigenvalue weighted by molar-refractivity contribution is -0.134. The number of Topliss-reactive ketones (excluding diaryl/α,β-unsaturated/α-hetero) is 2. The molecule has 0 saturated heterocycles. The number of aliphatic hydroxyl groups is 1. The molecular weight excluding hydrogens is 426 g/mol. The summed E-state index contributed by atoms with van der Waals surface area (Å²) in [7, 11) is 0. The summed E-state index contributed by atoms with van der Waals surface area (Å²) < 4.78 is 0. The molecule has 9 atom stereocenters. The Morgan fingerprint density at radius 2 is 1.88 bits per heavy atom. The van der Waals surface area contributed by atoms with Crippen molar-refractivity contribution < 1.29 is 19.5 Å². The Morgan fingerprint density at radius 3 is 2.59 bits per heavy atom. The summed E-state index contributed by atoms with van der Waals surface area (Å²) in [4.78, 5) is 37.8. The van der Waals surface area contributed by atoms with Gasteiger partial charge in [0.1, 0.15) is 11.6 Å². The van der Waals surface area contributed by atoms with E-state index in [0.717, 1.165) is 44.9 Å². The van der Waals surface area contributed by atoms with E-state index in [0.29, 0.717) is 42.9 Å². The lowest BCUT2D eigenvalue weighted by atomic mass is 9.47. The number of hydrogen-bond donors (Lipinski definition) is 2. The fourth-order valence-electron chi connectivity index (χ4n) is 8.54. The molecule has 2 N–H and O–H groups in total. The molecule has 5 heteroatoms. The smallest absolute Gasteiger partial charge is 0.216 e. The van der Waals surface area contributed by atoms with Crippen molar-refractivity contribution in [2.45, 2.75) is 98.5 Å². The van der Waals surface area contributed by atoms with E-state index in [1.807, 2.05) is 6.92 Å². The van der Waals surface area contributed by atoms with Crippen LogP contribution in [0.3, 0.4) is 0 Å². The summed E-state index contributed by atoms with van der Waals surface area (Å²) in [6.07, 6.45) is 9.96. The molecule has 4 aliphatic carbocycles. The minimum atomic E-state index is -0.234. The number of aliphatic hydroxyl groups excluding tert-OH is 1. The minimum absolute atomic E-state index is 0.0411. The molecule has 0 unspecified atom stereocenters. The van der Waals surface area contributed by atoms with E-state index in [1.54, 1.807) is 0 Å². The number of rotatable bonds is 7. The second-order valence-corrected chi connectivity index (χ2v) is 12.7. The number of hydrogen-bond acceptors (Lipinski definition) is 4. The van der Waals surface area contributed by atoms with Crippen LogP contribution in [0.1, 0.15) is 92.4 Å². The van der Waals surface area contributed by atoms with Gasteiger partial charge in [-0.3, -0.25) is 14.4 Å². The van der Waals surface area contributed by atoms with E-state index in [-0.39, 0.29) is 46.4 Å². The van der Waals surface area contributed by atoms with Crippen molar-refractivity contribution in [2.24, 2.45) is 46.3 Å². The van der Waals surface area contributed by atoms with Crippen LogP contribution in [0.5, 0.6) is 0 Å². The average Bonchev–Trinajstić information content (AvgIpc) is 3.05. The third kappa shape index (κ3) is 4.42. The minimum Gasteiger partial charge on any atom is -0.393 e. The summed E-state index contributed by atoms with van der Waals surface area (Å²) in [6, 6.07) is 0. The van der Waals surface area contributed by atoms with Crippen LogP contribution < -0.4 is 5.32 Å². The molecule has 1 amide bonds. The van der Waals surface area contributed by atoms with Crippen molar-refractivity contribution in [2.75, 3.05) is 6.54 Å². The third-order valence-electron chi connectivity index (χ3n) is 10.6. The summed E-state index contributed by atoms with van der Waals surface area (Å²) in [6.45, 7) is 10.9. The zero-order valence-corrected chi connectivity index (χ0v) is 21.9. The Hall–Kier alpha value is -1.49. The van der Waals surface area contributed by atoms with Crippen molar-refractivity contribution in [1.29, 1.82) is 0 Å². The molecule has 3 saturated carbocycles. The molecule has 0 heterocycles. The fourth-order valence-corrected chi connectivity index (χ4v) is 8.54. The number of carbonyl (C=O) groups excluding carboxylic acids is 3. The predicted octanol–water partition coefficient (Wildman–Crippen LogP) is 4.86. The van der Waals surface area contributed by atoms with Crippen molar-refractivity contribution in [3.8, 4) is 0 Å². The summed E-state index contributed by atoms with van der Waals surface area (Å²) in [5.41, 5.74) is 1.52. The molecule has 0 bridgehead atoms. The molecule has 5 nitrogen and oxygen atoms in total. The molecule has 4 rings (SSSR count). The van der Waals surface area contributed by atoms with Gasteiger partial charge in [0.15, 0.2) is 0 Å². The Kier molecular flexibility index (Phi) is 7.17. The number of fused-ring (bicyclic) bond motifs is 5. The summed E-state index contributed by atoms with van der Waals surface area (Å²) in [5, 5.41) is 13.1. The Bertz CT molecular complexity index is 864. The molecule has 190 valence electrons. The maximum Gasteiger partial charge on any atom is 0.216 e. The number of carbonyl (C=O) groups is 3. The topological polar surface area (TPSA) is 83.5 Å². The molecule has 0 aromatic carbocycles. The second-order valence-electron chi connectivity index (χ2n) is 12.7. The van der Waals surface area contributed by atoms with Crippen molar-refractivity contribution in [1.82, 2.24) is 5.32 Å². The lowest BCUT2D eigenvalue weighted by Gasteiger charge is -2.58. The van der Waals surface area contributed by atoms with Gasteiger partial charge in [0.25, 0.3) is 0 Å². The van der Waals surface area contributed by atoms with E-state index in [4.69, 9.17) is 0 Å². The standard InChI is InChI=1S/C29H45NO4/c1-17(16-30-19(3)31)6-9-25(33)18(2)27-26(34)15-24-22-8-7-20-14-21(32)10-12-28(20,4)23(22)11-13-29(24,27)5/h7,17-18,21-24,27,32H,6,8-16H2,1-5H3,(H,30,31)/t17-,18+,21-,22-,23+,24-,27+,28-,29-/m0/s1. The molecule has 0 aromatic rings. The highest BCUT2D eigenvalue weighted by Crippen LogP contribution is 2.66. The summed E-state index contributed by atoms with van der Waals surface area (Å²) in [5.74, 6) is 1.78. The average molecular weight is 472 g/mol. The lowest BCUT2D eigenvalue weighted by Crippen LogP contribution is -2.51. The van der Waals surface area contributed by atoms with Crippen molar-refractivity contribution >= 4 is 17.5 Å². The van der Waals surface area contributed by atoms with Gasteiger partial charge in [-0.15, -0.1) is 0 Å². The van der Waals surface area contributed by atoms with Gasteiger partial charge in [-0.1, -0.05) is 39.3 Å². The van der Waals surface area contributed by atoms with Crippen LogP contribution in [-0.4, -0.2) is 35.2 Å². The van der Waals surface area contributed by atoms with Crippen LogP contribution in [0.2, 0.25) is 0 Å². The third-order valence-corrected chi connectivity index (χ3v) is 10.6. The van der Waals surface area contributed by atoms with E-state index < -0.39 is 0 Å². The van der Waals surface area contributed by atoms with Crippen LogP contribution in [0, 0.1) is 46.3 Å². The first kappa shape index (κ1) is 25.6. The Morgan fingerprint density at radius 1 is 1.15 bits per heavy atom. The molecule has 0 aromatic heterocycles. The van der Waals surface area contributed by atoms with Gasteiger partial charge in [-0.05, 0) is 79.4 Å². The van der Waals surface area contributed by atoms with E-state index >= 15 is 0 Å². The molecule has 34 heavy (non-hydrogen) atoms. The maximum absolute atomic E-state index is 13.4. The van der Waals surface area contributed by atoms with E-state index in [9.17, 15) is 19.5 Å². The number of ketones is 2. The van der Waals surface area contributed by atoms with Gasteiger partial charge < -0.3 is 10.4 Å². The first-order valence-electron chi connectivity index (χ1n) is 13.6. The van der Waals surface area contributed by atoms with Gasteiger partial charge in [-0.2, -0.15) is 0 Å². The predicted molar refractivity (Wildman–Crippen MR) is 133 cm³/mol. The Labute approximate surface area is 205 Å². The fraction of sp³-hybridized carbons (Fsp3) is 0.828. The van der Waals surface area contributed by atoms with Crippen LogP contribution in [0.25, 0.3) is 0 Å². The van der Waals surface area contributed by atoms with Gasteiger partial charge in [-0.25, -0.2) is 0 Å². The van der Waals surface area contributed by atoms with Gasteiger partial charge in [0.05, 0.1) is 6.10 Å². The molecular formula is C29H45NO4. The van der Waals surface area contributed by atoms with Crippen LogP contribution in [0.4, 0.5) is 0 Å². The van der Waals surface area contributed by atoms with Gasteiger partial charge in [0.2, 0.25) is 5.91 Å². The monoisotopic (exact) mass is 471 g/mol. The molecule has 0 radical (unpaired) electrons. The van der Waals surface area contributed by atoms with Crippen LogP contribution in [-0.2, 0) is 14.4 Å².